The zero-order chi connectivity index (χ0) is 17.3. The lowest BCUT2D eigenvalue weighted by atomic mass is 9.87. The fourth-order valence-corrected chi connectivity index (χ4v) is 4.22. The molecule has 132 valence electrons. The van der Waals surface area contributed by atoms with Crippen LogP contribution in [0.5, 0.6) is 0 Å². The zero-order valence-corrected chi connectivity index (χ0v) is 15.0. The highest BCUT2D eigenvalue weighted by molar-refractivity contribution is 5.92. The molecule has 4 nitrogen and oxygen atoms in total. The SMILES string of the molecule is Cn1nc(C(=O)NCC2(c3ccccc3)CC2)cc1C1CCCCC1. The van der Waals surface area contributed by atoms with E-state index >= 15 is 0 Å². The maximum atomic E-state index is 12.6. The summed E-state index contributed by atoms with van der Waals surface area (Å²) in [5, 5.41) is 7.61. The van der Waals surface area contributed by atoms with Gasteiger partial charge in [0.2, 0.25) is 0 Å². The Morgan fingerprint density at radius 2 is 1.92 bits per heavy atom. The van der Waals surface area contributed by atoms with Crippen molar-refractivity contribution in [2.24, 2.45) is 7.05 Å². The van der Waals surface area contributed by atoms with E-state index in [1.807, 2.05) is 23.9 Å². The molecular weight excluding hydrogens is 310 g/mol. The zero-order valence-electron chi connectivity index (χ0n) is 15.0. The first-order chi connectivity index (χ1) is 12.2. The molecule has 1 N–H and O–H groups in total. The van der Waals surface area contributed by atoms with Crippen molar-refractivity contribution in [3.8, 4) is 0 Å². The average molecular weight is 337 g/mol. The van der Waals surface area contributed by atoms with Gasteiger partial charge >= 0.3 is 0 Å². The van der Waals surface area contributed by atoms with Gasteiger partial charge in [-0.1, -0.05) is 49.6 Å². The minimum Gasteiger partial charge on any atom is -0.350 e. The number of nitrogens with one attached hydrogen (secondary N) is 1. The van der Waals surface area contributed by atoms with Crippen LogP contribution < -0.4 is 5.32 Å². The molecule has 2 aliphatic rings. The number of benzene rings is 1. The summed E-state index contributed by atoms with van der Waals surface area (Å²) in [6.45, 7) is 0.700. The number of carbonyl (C=O) groups excluding carboxylic acids is 1. The summed E-state index contributed by atoms with van der Waals surface area (Å²) in [7, 11) is 1.97. The summed E-state index contributed by atoms with van der Waals surface area (Å²) in [5.74, 6) is 0.520. The number of nitrogens with zero attached hydrogens (tertiary/aromatic N) is 2. The Kier molecular flexibility index (Phi) is 4.36. The van der Waals surface area contributed by atoms with Crippen molar-refractivity contribution < 1.29 is 4.79 Å². The Hall–Kier alpha value is -2.10. The van der Waals surface area contributed by atoms with E-state index in [-0.39, 0.29) is 11.3 Å². The van der Waals surface area contributed by atoms with Crippen molar-refractivity contribution in [1.29, 1.82) is 0 Å². The van der Waals surface area contributed by atoms with Crippen LogP contribution in [0.3, 0.4) is 0 Å². The second-order valence-corrected chi connectivity index (χ2v) is 7.74. The smallest absolute Gasteiger partial charge is 0.271 e. The van der Waals surface area contributed by atoms with Crippen LogP contribution >= 0.6 is 0 Å². The van der Waals surface area contributed by atoms with Gasteiger partial charge in [0.25, 0.3) is 5.91 Å². The predicted molar refractivity (Wildman–Crippen MR) is 98.7 cm³/mol. The highest BCUT2D eigenvalue weighted by Crippen LogP contribution is 2.47. The van der Waals surface area contributed by atoms with Crippen molar-refractivity contribution in [2.45, 2.75) is 56.3 Å². The molecule has 0 aliphatic heterocycles. The van der Waals surface area contributed by atoms with E-state index in [0.29, 0.717) is 18.2 Å². The third kappa shape index (κ3) is 3.35. The van der Waals surface area contributed by atoms with Crippen LogP contribution in [0.2, 0.25) is 0 Å². The molecule has 2 aliphatic carbocycles. The first kappa shape index (κ1) is 16.4. The fraction of sp³-hybridized carbons (Fsp3) is 0.524. The Bertz CT molecular complexity index is 740. The maximum Gasteiger partial charge on any atom is 0.271 e. The molecular formula is C21H27N3O. The van der Waals surface area contributed by atoms with Crippen LogP contribution in [-0.2, 0) is 12.5 Å². The van der Waals surface area contributed by atoms with Gasteiger partial charge in [-0.05, 0) is 37.3 Å². The van der Waals surface area contributed by atoms with Crippen molar-refractivity contribution >= 4 is 5.91 Å². The first-order valence-corrected chi connectivity index (χ1v) is 9.56. The number of amides is 1. The number of rotatable bonds is 5. The van der Waals surface area contributed by atoms with E-state index in [1.54, 1.807) is 0 Å². The monoisotopic (exact) mass is 337 g/mol. The van der Waals surface area contributed by atoms with Crippen LogP contribution in [0.25, 0.3) is 0 Å². The summed E-state index contributed by atoms with van der Waals surface area (Å²) in [6.07, 6.45) is 8.65. The van der Waals surface area contributed by atoms with Crippen molar-refractivity contribution in [2.75, 3.05) is 6.54 Å². The van der Waals surface area contributed by atoms with E-state index in [4.69, 9.17) is 0 Å². The van der Waals surface area contributed by atoms with Gasteiger partial charge in [-0.25, -0.2) is 0 Å². The van der Waals surface area contributed by atoms with Gasteiger partial charge in [0, 0.05) is 30.6 Å². The van der Waals surface area contributed by atoms with Gasteiger partial charge in [0.15, 0.2) is 0 Å². The summed E-state index contributed by atoms with van der Waals surface area (Å²) < 4.78 is 1.91. The Labute approximate surface area is 149 Å². The lowest BCUT2D eigenvalue weighted by Gasteiger charge is -2.21. The van der Waals surface area contributed by atoms with Crippen molar-refractivity contribution in [3.05, 3.63) is 53.3 Å². The first-order valence-electron chi connectivity index (χ1n) is 9.56. The molecule has 4 rings (SSSR count). The third-order valence-electron chi connectivity index (χ3n) is 6.00. The van der Waals surface area contributed by atoms with E-state index in [9.17, 15) is 4.79 Å². The summed E-state index contributed by atoms with van der Waals surface area (Å²) in [5.41, 5.74) is 3.25. The highest BCUT2D eigenvalue weighted by Gasteiger charge is 2.44. The van der Waals surface area contributed by atoms with Crippen LogP contribution in [0.1, 0.15) is 72.6 Å². The Balaban J connectivity index is 1.42. The van der Waals surface area contributed by atoms with Gasteiger partial charge in [-0.2, -0.15) is 5.10 Å². The Morgan fingerprint density at radius 1 is 1.20 bits per heavy atom. The molecule has 2 fully saturated rings. The van der Waals surface area contributed by atoms with Gasteiger partial charge in [0.05, 0.1) is 0 Å². The van der Waals surface area contributed by atoms with Gasteiger partial charge < -0.3 is 5.32 Å². The van der Waals surface area contributed by atoms with E-state index in [0.717, 1.165) is 12.8 Å². The molecule has 1 heterocycles. The molecule has 0 unspecified atom stereocenters. The van der Waals surface area contributed by atoms with Crippen LogP contribution in [0.15, 0.2) is 36.4 Å². The molecule has 1 amide bonds. The molecule has 0 radical (unpaired) electrons. The normalized spacial score (nSPS) is 19.6. The van der Waals surface area contributed by atoms with Crippen LogP contribution in [0, 0.1) is 0 Å². The molecule has 0 bridgehead atoms. The minimum atomic E-state index is -0.0418. The minimum absolute atomic E-state index is 0.0418. The maximum absolute atomic E-state index is 12.6. The van der Waals surface area contributed by atoms with E-state index in [1.165, 1.54) is 43.4 Å². The number of aryl methyl sites for hydroxylation is 1. The van der Waals surface area contributed by atoms with Gasteiger partial charge in [-0.15, -0.1) is 0 Å². The van der Waals surface area contributed by atoms with Gasteiger partial charge in [-0.3, -0.25) is 9.48 Å². The average Bonchev–Trinajstić information content (AvgIpc) is 3.36. The van der Waals surface area contributed by atoms with Crippen molar-refractivity contribution in [1.82, 2.24) is 15.1 Å². The second-order valence-electron chi connectivity index (χ2n) is 7.74. The number of aromatic nitrogens is 2. The van der Waals surface area contributed by atoms with Crippen LogP contribution in [0.4, 0.5) is 0 Å². The molecule has 4 heteroatoms. The number of hydrogen-bond donors (Lipinski definition) is 1. The van der Waals surface area contributed by atoms with E-state index in [2.05, 4.69) is 34.7 Å². The number of hydrogen-bond acceptors (Lipinski definition) is 2. The van der Waals surface area contributed by atoms with Crippen LogP contribution in [-0.4, -0.2) is 22.2 Å². The summed E-state index contributed by atoms with van der Waals surface area (Å²) in [4.78, 5) is 12.6. The lowest BCUT2D eigenvalue weighted by molar-refractivity contribution is 0.0944. The highest BCUT2D eigenvalue weighted by atomic mass is 16.1. The number of carbonyl (C=O) groups is 1. The lowest BCUT2D eigenvalue weighted by Crippen LogP contribution is -2.32. The largest absolute Gasteiger partial charge is 0.350 e. The topological polar surface area (TPSA) is 46.9 Å². The standard InChI is InChI=1S/C21H27N3O/c1-24-19(16-8-4-2-5-9-16)14-18(23-24)20(25)22-15-21(12-13-21)17-10-6-3-7-11-17/h3,6-7,10-11,14,16H,2,4-5,8-9,12-13,15H2,1H3,(H,22,25). The molecule has 2 aromatic rings. The van der Waals surface area contributed by atoms with Gasteiger partial charge in [0.1, 0.15) is 5.69 Å². The summed E-state index contributed by atoms with van der Waals surface area (Å²) >= 11 is 0. The quantitative estimate of drug-likeness (QED) is 0.898. The molecule has 0 spiro atoms. The molecule has 25 heavy (non-hydrogen) atoms. The molecule has 1 aromatic heterocycles. The molecule has 2 saturated carbocycles. The third-order valence-corrected chi connectivity index (χ3v) is 6.00. The molecule has 0 saturated heterocycles. The van der Waals surface area contributed by atoms with E-state index < -0.39 is 0 Å². The second kappa shape index (κ2) is 6.66. The Morgan fingerprint density at radius 3 is 2.60 bits per heavy atom. The fourth-order valence-electron chi connectivity index (χ4n) is 4.22. The van der Waals surface area contributed by atoms with Crippen molar-refractivity contribution in [3.63, 3.8) is 0 Å². The molecule has 0 atom stereocenters. The predicted octanol–water partition coefficient (Wildman–Crippen LogP) is 3.93. The molecule has 1 aromatic carbocycles. The summed E-state index contributed by atoms with van der Waals surface area (Å²) in [6, 6.07) is 12.5.